The van der Waals surface area contributed by atoms with Crippen LogP contribution in [0.5, 0.6) is 0 Å². The summed E-state index contributed by atoms with van der Waals surface area (Å²) in [6.45, 7) is 2.15. The molecule has 0 spiro atoms. The molecule has 1 aromatic carbocycles. The van der Waals surface area contributed by atoms with Crippen LogP contribution in [-0.4, -0.2) is 24.9 Å². The topological polar surface area (TPSA) is 20.3 Å². The number of rotatable bonds is 3. The second-order valence-corrected chi connectivity index (χ2v) is 5.57. The number of hydrogen-bond acceptors (Lipinski definition) is 2. The molecule has 0 saturated carbocycles. The van der Waals surface area contributed by atoms with Gasteiger partial charge in [0.1, 0.15) is 0 Å². The maximum Gasteiger partial charge on any atom is 0.222 e. The van der Waals surface area contributed by atoms with Gasteiger partial charge in [-0.25, -0.2) is 0 Å². The number of fused-ring (bicyclic) bond motifs is 1. The second-order valence-electron chi connectivity index (χ2n) is 4.43. The number of hydrogen-bond donors (Lipinski definition) is 0. The van der Waals surface area contributed by atoms with E-state index in [1.165, 1.54) is 20.5 Å². The van der Waals surface area contributed by atoms with Crippen molar-refractivity contribution in [1.82, 2.24) is 4.90 Å². The Morgan fingerprint density at radius 3 is 2.65 bits per heavy atom. The Bertz CT molecular complexity index is 542. The summed E-state index contributed by atoms with van der Waals surface area (Å²) in [6.07, 6.45) is 1.45. The van der Waals surface area contributed by atoms with Gasteiger partial charge in [0.2, 0.25) is 5.91 Å². The lowest BCUT2D eigenvalue weighted by Crippen LogP contribution is -2.21. The van der Waals surface area contributed by atoms with Crippen LogP contribution in [0.15, 0.2) is 24.3 Å². The molecule has 3 heteroatoms. The summed E-state index contributed by atoms with van der Waals surface area (Å²) in [5.41, 5.74) is 1.33. The Hall–Kier alpha value is -1.35. The predicted molar refractivity (Wildman–Crippen MR) is 73.6 cm³/mol. The van der Waals surface area contributed by atoms with Crippen molar-refractivity contribution in [2.75, 3.05) is 14.1 Å². The van der Waals surface area contributed by atoms with Crippen molar-refractivity contribution < 1.29 is 4.79 Å². The van der Waals surface area contributed by atoms with E-state index in [2.05, 4.69) is 31.2 Å². The van der Waals surface area contributed by atoms with E-state index in [0.717, 1.165) is 6.42 Å². The maximum atomic E-state index is 11.6. The lowest BCUT2D eigenvalue weighted by molar-refractivity contribution is -0.128. The molecule has 0 fully saturated rings. The first kappa shape index (κ1) is 12.1. The lowest BCUT2D eigenvalue weighted by atomic mass is 10.1. The number of aryl methyl sites for hydroxylation is 2. The van der Waals surface area contributed by atoms with E-state index in [1.54, 1.807) is 30.3 Å². The highest BCUT2D eigenvalue weighted by Crippen LogP contribution is 2.31. The monoisotopic (exact) mass is 247 g/mol. The summed E-state index contributed by atoms with van der Waals surface area (Å²) in [4.78, 5) is 14.6. The molecule has 0 unspecified atom stereocenters. The van der Waals surface area contributed by atoms with Crippen molar-refractivity contribution >= 4 is 27.3 Å². The molecule has 0 saturated heterocycles. The minimum atomic E-state index is 0.196. The molecule has 0 bridgehead atoms. The summed E-state index contributed by atoms with van der Waals surface area (Å²) >= 11 is 1.81. The molecule has 2 nitrogen and oxygen atoms in total. The zero-order valence-electron chi connectivity index (χ0n) is 10.5. The van der Waals surface area contributed by atoms with Gasteiger partial charge >= 0.3 is 0 Å². The molecule has 1 heterocycles. The lowest BCUT2D eigenvalue weighted by Gasteiger charge is -2.09. The Morgan fingerprint density at radius 2 is 2.00 bits per heavy atom. The molecule has 0 atom stereocenters. The Morgan fingerprint density at radius 1 is 1.29 bits per heavy atom. The van der Waals surface area contributed by atoms with Crippen LogP contribution in [0.1, 0.15) is 16.9 Å². The first-order valence-electron chi connectivity index (χ1n) is 5.76. The van der Waals surface area contributed by atoms with Crippen molar-refractivity contribution in [2.24, 2.45) is 0 Å². The van der Waals surface area contributed by atoms with Gasteiger partial charge < -0.3 is 4.90 Å². The number of nitrogens with zero attached hydrogens (tertiary/aromatic N) is 1. The Balaban J connectivity index is 2.19. The fourth-order valence-corrected chi connectivity index (χ4v) is 3.12. The van der Waals surface area contributed by atoms with Crippen molar-refractivity contribution in [3.63, 3.8) is 0 Å². The first-order valence-corrected chi connectivity index (χ1v) is 6.58. The summed E-state index contributed by atoms with van der Waals surface area (Å²) in [6, 6.07) is 8.42. The van der Waals surface area contributed by atoms with Crippen LogP contribution >= 0.6 is 11.3 Å². The minimum absolute atomic E-state index is 0.196. The third-order valence-electron chi connectivity index (χ3n) is 3.01. The van der Waals surface area contributed by atoms with Gasteiger partial charge in [0.15, 0.2) is 0 Å². The minimum Gasteiger partial charge on any atom is -0.349 e. The molecule has 0 radical (unpaired) electrons. The molecule has 1 amide bonds. The zero-order valence-corrected chi connectivity index (χ0v) is 11.3. The highest BCUT2D eigenvalue weighted by molar-refractivity contribution is 7.19. The third kappa shape index (κ3) is 2.50. The maximum absolute atomic E-state index is 11.6. The van der Waals surface area contributed by atoms with Gasteiger partial charge in [-0.15, -0.1) is 11.3 Å². The number of thiophene rings is 1. The zero-order chi connectivity index (χ0) is 12.4. The van der Waals surface area contributed by atoms with Crippen LogP contribution in [0.4, 0.5) is 0 Å². The molecule has 2 aromatic rings. The van der Waals surface area contributed by atoms with Crippen LogP contribution in [0.25, 0.3) is 10.1 Å². The van der Waals surface area contributed by atoms with Crippen LogP contribution in [0.2, 0.25) is 0 Å². The van der Waals surface area contributed by atoms with E-state index < -0.39 is 0 Å². The van der Waals surface area contributed by atoms with Crippen molar-refractivity contribution in [1.29, 1.82) is 0 Å². The summed E-state index contributed by atoms with van der Waals surface area (Å²) in [5, 5.41) is 1.32. The molecule has 0 aliphatic heterocycles. The number of amides is 1. The van der Waals surface area contributed by atoms with Crippen molar-refractivity contribution in [3.8, 4) is 0 Å². The summed E-state index contributed by atoms with van der Waals surface area (Å²) < 4.78 is 1.32. The van der Waals surface area contributed by atoms with E-state index in [1.807, 2.05) is 0 Å². The fraction of sp³-hybridized carbons (Fsp3) is 0.357. The fourth-order valence-electron chi connectivity index (χ4n) is 1.91. The Labute approximate surface area is 106 Å². The number of benzene rings is 1. The predicted octanol–water partition coefficient (Wildman–Crippen LogP) is 3.23. The average molecular weight is 247 g/mol. The van der Waals surface area contributed by atoms with Gasteiger partial charge in [-0.1, -0.05) is 18.2 Å². The van der Waals surface area contributed by atoms with Gasteiger partial charge in [0.05, 0.1) is 0 Å². The second kappa shape index (κ2) is 4.88. The normalized spacial score (nSPS) is 10.8. The third-order valence-corrected chi connectivity index (χ3v) is 4.34. The number of carbonyl (C=O) groups is 1. The van der Waals surface area contributed by atoms with Gasteiger partial charge in [-0.2, -0.15) is 0 Å². The molecule has 0 aliphatic rings. The van der Waals surface area contributed by atoms with Crippen LogP contribution < -0.4 is 0 Å². The quantitative estimate of drug-likeness (QED) is 0.815. The van der Waals surface area contributed by atoms with Gasteiger partial charge in [-0.3, -0.25) is 4.79 Å². The van der Waals surface area contributed by atoms with Crippen molar-refractivity contribution in [3.05, 3.63) is 34.7 Å². The summed E-state index contributed by atoms with van der Waals surface area (Å²) in [7, 11) is 3.61. The standard InChI is InChI=1S/C14H17NOS/c1-10-11-6-4-5-7-13(11)17-12(10)8-9-14(16)15(2)3/h4-7H,8-9H2,1-3H3. The smallest absolute Gasteiger partial charge is 0.222 e. The largest absolute Gasteiger partial charge is 0.349 e. The van der Waals surface area contributed by atoms with Gasteiger partial charge in [-0.05, 0) is 30.4 Å². The molecule has 17 heavy (non-hydrogen) atoms. The molecule has 0 N–H and O–H groups in total. The first-order chi connectivity index (χ1) is 8.09. The molecular formula is C14H17NOS. The van der Waals surface area contributed by atoms with Crippen LogP contribution in [-0.2, 0) is 11.2 Å². The summed E-state index contributed by atoms with van der Waals surface area (Å²) in [5.74, 6) is 0.196. The van der Waals surface area contributed by atoms with Crippen LogP contribution in [0, 0.1) is 6.92 Å². The SMILES string of the molecule is Cc1c(CCC(=O)N(C)C)sc2ccccc12. The Kier molecular flexibility index (Phi) is 3.48. The van der Waals surface area contributed by atoms with Crippen LogP contribution in [0.3, 0.4) is 0 Å². The molecular weight excluding hydrogens is 230 g/mol. The van der Waals surface area contributed by atoms with E-state index in [0.29, 0.717) is 6.42 Å². The molecule has 2 rings (SSSR count). The van der Waals surface area contributed by atoms with Gasteiger partial charge in [0.25, 0.3) is 0 Å². The molecule has 1 aromatic heterocycles. The van der Waals surface area contributed by atoms with E-state index in [9.17, 15) is 4.79 Å². The number of carbonyl (C=O) groups excluding carboxylic acids is 1. The van der Waals surface area contributed by atoms with E-state index in [-0.39, 0.29) is 5.91 Å². The molecule has 90 valence electrons. The highest BCUT2D eigenvalue weighted by Gasteiger charge is 2.10. The van der Waals surface area contributed by atoms with E-state index >= 15 is 0 Å². The van der Waals surface area contributed by atoms with Gasteiger partial charge in [0, 0.05) is 30.1 Å². The van der Waals surface area contributed by atoms with E-state index in [4.69, 9.17) is 0 Å². The van der Waals surface area contributed by atoms with Crippen molar-refractivity contribution in [2.45, 2.75) is 19.8 Å². The molecule has 0 aliphatic carbocycles. The highest BCUT2D eigenvalue weighted by atomic mass is 32.1. The average Bonchev–Trinajstić information content (AvgIpc) is 2.64.